The molecule has 0 bridgehead atoms. The van der Waals surface area contributed by atoms with Crippen LogP contribution in [0, 0.1) is 11.8 Å². The lowest BCUT2D eigenvalue weighted by molar-refractivity contribution is -0.144. The minimum atomic E-state index is -0.790. The minimum absolute atomic E-state index is 0.0850. The van der Waals surface area contributed by atoms with Gasteiger partial charge in [-0.25, -0.2) is 9.98 Å². The molecule has 1 fully saturated rings. The van der Waals surface area contributed by atoms with Crippen LogP contribution >= 0.6 is 11.6 Å². The lowest BCUT2D eigenvalue weighted by atomic mass is 9.85. The van der Waals surface area contributed by atoms with Gasteiger partial charge in [-0.1, -0.05) is 18.5 Å². The Morgan fingerprint density at radius 2 is 2.15 bits per heavy atom. The number of esters is 1. The molecule has 9 nitrogen and oxygen atoms in total. The fourth-order valence-corrected chi connectivity index (χ4v) is 5.09. The van der Waals surface area contributed by atoms with E-state index in [2.05, 4.69) is 9.88 Å². The predicted molar refractivity (Wildman–Crippen MR) is 127 cm³/mol. The molecule has 1 saturated heterocycles. The summed E-state index contributed by atoms with van der Waals surface area (Å²) in [5.74, 6) is 0.152. The number of ether oxygens (including phenoxy) is 1. The van der Waals surface area contributed by atoms with Gasteiger partial charge in [0.15, 0.2) is 0 Å². The lowest BCUT2D eigenvalue weighted by Gasteiger charge is -2.37. The van der Waals surface area contributed by atoms with Crippen molar-refractivity contribution in [3.05, 3.63) is 40.9 Å². The lowest BCUT2D eigenvalue weighted by Crippen LogP contribution is -2.47. The topological polar surface area (TPSA) is 109 Å². The first kappa shape index (κ1) is 23.4. The first-order valence-electron chi connectivity index (χ1n) is 11.2. The van der Waals surface area contributed by atoms with Crippen LogP contribution < -0.4 is 5.73 Å². The van der Waals surface area contributed by atoms with Crippen molar-refractivity contribution < 1.29 is 14.6 Å². The van der Waals surface area contributed by atoms with Gasteiger partial charge < -0.3 is 29.9 Å². The molecule has 3 N–H and O–H groups in total. The molecule has 178 valence electrons. The van der Waals surface area contributed by atoms with Gasteiger partial charge in [-0.3, -0.25) is 4.79 Å². The number of fused-ring (bicyclic) bond motifs is 2. The number of hydrogen-bond donors (Lipinski definition) is 2. The van der Waals surface area contributed by atoms with E-state index in [0.717, 1.165) is 17.8 Å². The summed E-state index contributed by atoms with van der Waals surface area (Å²) >= 11 is 6.43. The second-order valence-corrected chi connectivity index (χ2v) is 9.19. The number of halogens is 1. The van der Waals surface area contributed by atoms with Crippen molar-refractivity contribution in [1.29, 1.82) is 0 Å². The third-order valence-corrected chi connectivity index (χ3v) is 6.84. The van der Waals surface area contributed by atoms with Crippen LogP contribution in [-0.2, 0) is 29.5 Å². The van der Waals surface area contributed by atoms with E-state index in [9.17, 15) is 9.90 Å². The van der Waals surface area contributed by atoms with Gasteiger partial charge in [0, 0.05) is 68.6 Å². The summed E-state index contributed by atoms with van der Waals surface area (Å²) in [6, 6.07) is 3.60. The fraction of sp³-hybridized carbons (Fsp3) is 0.522. The first-order valence-corrected chi connectivity index (χ1v) is 11.6. The number of imidazole rings is 1. The van der Waals surface area contributed by atoms with E-state index in [1.165, 1.54) is 6.92 Å². The summed E-state index contributed by atoms with van der Waals surface area (Å²) < 4.78 is 7.35. The second kappa shape index (κ2) is 9.61. The summed E-state index contributed by atoms with van der Waals surface area (Å²) in [7, 11) is 1.94. The van der Waals surface area contributed by atoms with Gasteiger partial charge >= 0.3 is 5.97 Å². The molecule has 2 aliphatic rings. The summed E-state index contributed by atoms with van der Waals surface area (Å²) in [5.41, 5.74) is 9.28. The van der Waals surface area contributed by atoms with Crippen molar-refractivity contribution >= 4 is 34.9 Å². The Kier molecular flexibility index (Phi) is 6.81. The Morgan fingerprint density at radius 3 is 2.82 bits per heavy atom. The molecule has 3 atom stereocenters. The number of aromatic nitrogens is 2. The summed E-state index contributed by atoms with van der Waals surface area (Å²) in [4.78, 5) is 24.6. The van der Waals surface area contributed by atoms with Crippen molar-refractivity contribution in [2.24, 2.45) is 23.9 Å². The molecule has 0 spiro atoms. The van der Waals surface area contributed by atoms with Crippen LogP contribution in [0.5, 0.6) is 0 Å². The molecule has 3 heterocycles. The number of nitrogens with two attached hydrogens (primary N) is 1. The number of rotatable bonds is 8. The third kappa shape index (κ3) is 4.79. The first-order chi connectivity index (χ1) is 15.8. The summed E-state index contributed by atoms with van der Waals surface area (Å²) in [6.07, 6.45) is 4.12. The number of carbonyl (C=O) groups excluding carboxylic acids is 1. The number of aliphatic hydroxyl groups excluding tert-OH is 1. The largest absolute Gasteiger partial charge is 0.466 e. The molecule has 0 saturated carbocycles. The van der Waals surface area contributed by atoms with Crippen LogP contribution in [0.1, 0.15) is 31.5 Å². The van der Waals surface area contributed by atoms with Crippen LogP contribution in [0.4, 0.5) is 11.4 Å². The smallest absolute Gasteiger partial charge is 0.302 e. The molecule has 33 heavy (non-hydrogen) atoms. The van der Waals surface area contributed by atoms with E-state index in [4.69, 9.17) is 27.1 Å². The molecule has 10 heteroatoms. The third-order valence-electron chi connectivity index (χ3n) is 6.56. The van der Waals surface area contributed by atoms with Gasteiger partial charge in [0.05, 0.1) is 23.6 Å². The zero-order valence-corrected chi connectivity index (χ0v) is 20.0. The zero-order valence-electron chi connectivity index (χ0n) is 19.2. The minimum Gasteiger partial charge on any atom is -0.466 e. The summed E-state index contributed by atoms with van der Waals surface area (Å²) in [6.45, 7) is 5.71. The Hall–Kier alpha value is -2.78. The van der Waals surface area contributed by atoms with E-state index >= 15 is 0 Å². The fourth-order valence-electron chi connectivity index (χ4n) is 4.80. The number of hydrogen-bond acceptors (Lipinski definition) is 8. The highest BCUT2D eigenvalue weighted by Crippen LogP contribution is 2.38. The van der Waals surface area contributed by atoms with Gasteiger partial charge in [-0.15, -0.1) is 0 Å². The van der Waals surface area contributed by atoms with Gasteiger partial charge in [-0.2, -0.15) is 0 Å². The highest BCUT2D eigenvalue weighted by molar-refractivity contribution is 6.33. The van der Waals surface area contributed by atoms with Crippen LogP contribution in [-0.4, -0.2) is 62.3 Å². The molecule has 0 radical (unpaired) electrons. The average Bonchev–Trinajstić information content (AvgIpc) is 3.36. The molecule has 2 aromatic rings. The predicted octanol–water partition coefficient (Wildman–Crippen LogP) is 2.54. The number of benzene rings is 1. The van der Waals surface area contributed by atoms with Gasteiger partial charge in [0.1, 0.15) is 6.23 Å². The highest BCUT2D eigenvalue weighted by Gasteiger charge is 2.39. The second-order valence-electron chi connectivity index (χ2n) is 8.79. The molecule has 1 aromatic carbocycles. The normalized spacial score (nSPS) is 17.8. The van der Waals surface area contributed by atoms with Crippen molar-refractivity contribution in [3.8, 4) is 0 Å². The standard InChI is InChI=1S/C23H31ClN6O3/c1-4-19(16(12-33-14(2)31)8-18-10-26-13-28(18)3)22(32)30-6-5-29-11-15-7-17(25)9-20(24)21(15)27-23(29)30/h7,9-10,13,16,19,22,32H,4-6,8,11-12,25H2,1-3H3. The monoisotopic (exact) mass is 474 g/mol. The summed E-state index contributed by atoms with van der Waals surface area (Å²) in [5, 5.41) is 12.1. The molecule has 0 aliphatic carbocycles. The number of nitrogen functional groups attached to an aromatic ring is 1. The Balaban J connectivity index is 1.60. The van der Waals surface area contributed by atoms with Crippen molar-refractivity contribution in [2.45, 2.75) is 39.5 Å². The van der Waals surface area contributed by atoms with E-state index < -0.39 is 6.23 Å². The van der Waals surface area contributed by atoms with Crippen LogP contribution in [0.25, 0.3) is 0 Å². The maximum absolute atomic E-state index is 11.6. The number of anilines is 1. The molecule has 3 unspecified atom stereocenters. The number of nitrogens with zero attached hydrogens (tertiary/aromatic N) is 5. The van der Waals surface area contributed by atoms with Crippen molar-refractivity contribution in [2.75, 3.05) is 25.4 Å². The van der Waals surface area contributed by atoms with Crippen LogP contribution in [0.2, 0.25) is 5.02 Å². The molecular weight excluding hydrogens is 444 g/mol. The number of aryl methyl sites for hydroxylation is 1. The molecule has 1 aromatic heterocycles. The van der Waals surface area contributed by atoms with Crippen LogP contribution in [0.15, 0.2) is 29.6 Å². The Bertz CT molecular complexity index is 1050. The Labute approximate surface area is 198 Å². The maximum Gasteiger partial charge on any atom is 0.302 e. The Morgan fingerprint density at radius 1 is 1.36 bits per heavy atom. The van der Waals surface area contributed by atoms with E-state index in [-0.39, 0.29) is 24.4 Å². The molecule has 0 amide bonds. The van der Waals surface area contributed by atoms with Gasteiger partial charge in [-0.05, 0) is 25.0 Å². The van der Waals surface area contributed by atoms with Gasteiger partial charge in [0.2, 0.25) is 5.96 Å². The van der Waals surface area contributed by atoms with Crippen molar-refractivity contribution in [1.82, 2.24) is 19.4 Å². The van der Waals surface area contributed by atoms with Crippen LogP contribution in [0.3, 0.4) is 0 Å². The van der Waals surface area contributed by atoms with E-state index in [1.54, 1.807) is 12.4 Å². The molecular formula is C23H31ClN6O3. The number of aliphatic hydroxyl groups is 1. The molecule has 4 rings (SSSR count). The zero-order chi connectivity index (χ0) is 23.7. The highest BCUT2D eigenvalue weighted by atomic mass is 35.5. The average molecular weight is 475 g/mol. The van der Waals surface area contributed by atoms with Crippen molar-refractivity contribution in [3.63, 3.8) is 0 Å². The number of guanidine groups is 1. The van der Waals surface area contributed by atoms with Gasteiger partial charge in [0.25, 0.3) is 0 Å². The number of carbonyl (C=O) groups is 1. The van der Waals surface area contributed by atoms with E-state index in [0.29, 0.717) is 48.3 Å². The molecule has 2 aliphatic heterocycles. The van der Waals surface area contributed by atoms with E-state index in [1.807, 2.05) is 35.7 Å². The maximum atomic E-state index is 11.6. The SMILES string of the molecule is CCC(C(COC(C)=O)Cc1cncn1C)C(O)N1CCN2Cc3cc(N)cc(Cl)c3N=C21. The number of aliphatic imine (C=N–C) groups is 1. The quantitative estimate of drug-likeness (QED) is 0.447.